The van der Waals surface area contributed by atoms with Crippen molar-refractivity contribution >= 4 is 0 Å². The van der Waals surface area contributed by atoms with Gasteiger partial charge >= 0.3 is 0 Å². The van der Waals surface area contributed by atoms with E-state index in [9.17, 15) is 0 Å². The highest BCUT2D eigenvalue weighted by Gasteiger charge is 2.21. The van der Waals surface area contributed by atoms with Crippen LogP contribution < -0.4 is 5.32 Å². The van der Waals surface area contributed by atoms with Crippen molar-refractivity contribution in [1.82, 2.24) is 10.2 Å². The molecular formula is C16H28N2O. The van der Waals surface area contributed by atoms with E-state index in [1.165, 1.54) is 31.2 Å². The SMILES string of the molecule is CCCC(C)N(C)Cc1cc(C)c(CNC2CC2)o1. The Morgan fingerprint density at radius 1 is 1.47 bits per heavy atom. The van der Waals surface area contributed by atoms with E-state index in [1.807, 2.05) is 0 Å². The van der Waals surface area contributed by atoms with Crippen LogP contribution in [0.1, 0.15) is 56.6 Å². The van der Waals surface area contributed by atoms with Gasteiger partial charge in [0, 0.05) is 12.1 Å². The average molecular weight is 264 g/mol. The molecule has 0 aromatic carbocycles. The third-order valence-corrected chi connectivity index (χ3v) is 4.06. The van der Waals surface area contributed by atoms with Crippen LogP contribution in [-0.4, -0.2) is 24.0 Å². The topological polar surface area (TPSA) is 28.4 Å². The van der Waals surface area contributed by atoms with Crippen molar-refractivity contribution in [3.05, 3.63) is 23.2 Å². The summed E-state index contributed by atoms with van der Waals surface area (Å²) in [6.45, 7) is 8.46. The highest BCUT2D eigenvalue weighted by Crippen LogP contribution is 2.22. The van der Waals surface area contributed by atoms with Crippen molar-refractivity contribution in [1.29, 1.82) is 0 Å². The Bertz CT molecular complexity index is 395. The number of hydrogen-bond acceptors (Lipinski definition) is 3. The van der Waals surface area contributed by atoms with Gasteiger partial charge in [-0.1, -0.05) is 13.3 Å². The van der Waals surface area contributed by atoms with E-state index in [-0.39, 0.29) is 0 Å². The van der Waals surface area contributed by atoms with Gasteiger partial charge in [0.25, 0.3) is 0 Å². The number of furan rings is 1. The summed E-state index contributed by atoms with van der Waals surface area (Å²) in [5, 5.41) is 3.52. The highest BCUT2D eigenvalue weighted by molar-refractivity contribution is 5.20. The van der Waals surface area contributed by atoms with Crippen LogP contribution in [0.2, 0.25) is 0 Å². The molecular weight excluding hydrogens is 236 g/mol. The lowest BCUT2D eigenvalue weighted by Crippen LogP contribution is -2.28. The molecule has 1 saturated carbocycles. The first-order valence-corrected chi connectivity index (χ1v) is 7.62. The van der Waals surface area contributed by atoms with Crippen molar-refractivity contribution in [2.45, 2.75) is 71.6 Å². The Morgan fingerprint density at radius 3 is 2.84 bits per heavy atom. The van der Waals surface area contributed by atoms with E-state index in [0.29, 0.717) is 6.04 Å². The number of nitrogens with one attached hydrogen (secondary N) is 1. The molecule has 0 bridgehead atoms. The molecule has 2 rings (SSSR count). The maximum Gasteiger partial charge on any atom is 0.120 e. The second kappa shape index (κ2) is 6.58. The first-order chi connectivity index (χ1) is 9.10. The molecule has 1 heterocycles. The summed E-state index contributed by atoms with van der Waals surface area (Å²) in [5.41, 5.74) is 1.28. The van der Waals surface area contributed by atoms with Gasteiger partial charge in [-0.2, -0.15) is 0 Å². The number of hydrogen-bond donors (Lipinski definition) is 1. The van der Waals surface area contributed by atoms with Crippen molar-refractivity contribution in [3.8, 4) is 0 Å². The molecule has 1 aliphatic rings. The number of nitrogens with zero attached hydrogens (tertiary/aromatic N) is 1. The molecule has 1 aromatic heterocycles. The molecule has 1 fully saturated rings. The second-order valence-electron chi connectivity index (χ2n) is 6.03. The van der Waals surface area contributed by atoms with Crippen molar-refractivity contribution in [3.63, 3.8) is 0 Å². The maximum absolute atomic E-state index is 5.99. The molecule has 3 nitrogen and oxygen atoms in total. The zero-order valence-electron chi connectivity index (χ0n) is 12.8. The highest BCUT2D eigenvalue weighted by atomic mass is 16.3. The van der Waals surface area contributed by atoms with Gasteiger partial charge in [-0.25, -0.2) is 0 Å². The normalized spacial score (nSPS) is 17.1. The van der Waals surface area contributed by atoms with Crippen LogP contribution in [0, 0.1) is 6.92 Å². The molecule has 1 atom stereocenters. The van der Waals surface area contributed by atoms with E-state index in [0.717, 1.165) is 30.7 Å². The van der Waals surface area contributed by atoms with E-state index < -0.39 is 0 Å². The standard InChI is InChI=1S/C16H28N2O/c1-5-6-13(3)18(4)11-15-9-12(2)16(19-15)10-17-14-7-8-14/h9,13-14,17H,5-8,10-11H2,1-4H3. The third-order valence-electron chi connectivity index (χ3n) is 4.06. The van der Waals surface area contributed by atoms with Gasteiger partial charge in [-0.15, -0.1) is 0 Å². The lowest BCUT2D eigenvalue weighted by molar-refractivity contribution is 0.217. The van der Waals surface area contributed by atoms with Gasteiger partial charge in [0.05, 0.1) is 13.1 Å². The minimum absolute atomic E-state index is 0.614. The van der Waals surface area contributed by atoms with E-state index in [4.69, 9.17) is 4.42 Å². The molecule has 19 heavy (non-hydrogen) atoms. The molecule has 0 aliphatic heterocycles. The average Bonchev–Trinajstić information content (AvgIpc) is 3.12. The van der Waals surface area contributed by atoms with Crippen LogP contribution in [0.15, 0.2) is 10.5 Å². The Hall–Kier alpha value is -0.800. The Labute approximate surface area is 117 Å². The van der Waals surface area contributed by atoms with Gasteiger partial charge in [0.2, 0.25) is 0 Å². The fourth-order valence-electron chi connectivity index (χ4n) is 2.41. The first kappa shape index (κ1) is 14.6. The molecule has 1 aromatic rings. The van der Waals surface area contributed by atoms with Crippen molar-refractivity contribution in [2.24, 2.45) is 0 Å². The van der Waals surface area contributed by atoms with E-state index >= 15 is 0 Å². The third kappa shape index (κ3) is 4.36. The summed E-state index contributed by atoms with van der Waals surface area (Å²) < 4.78 is 5.99. The van der Waals surface area contributed by atoms with E-state index in [1.54, 1.807) is 0 Å². The minimum atomic E-state index is 0.614. The summed E-state index contributed by atoms with van der Waals surface area (Å²) in [4.78, 5) is 2.37. The van der Waals surface area contributed by atoms with Gasteiger partial charge < -0.3 is 9.73 Å². The van der Waals surface area contributed by atoms with Crippen LogP contribution in [0.25, 0.3) is 0 Å². The molecule has 108 valence electrons. The summed E-state index contributed by atoms with van der Waals surface area (Å²) in [5.74, 6) is 2.20. The summed E-state index contributed by atoms with van der Waals surface area (Å²) in [6, 6.07) is 3.54. The lowest BCUT2D eigenvalue weighted by atomic mass is 10.1. The molecule has 0 spiro atoms. The molecule has 0 saturated heterocycles. The fourth-order valence-corrected chi connectivity index (χ4v) is 2.41. The van der Waals surface area contributed by atoms with Crippen LogP contribution >= 0.6 is 0 Å². The molecule has 0 amide bonds. The predicted octanol–water partition coefficient (Wildman–Crippen LogP) is 3.46. The van der Waals surface area contributed by atoms with Crippen molar-refractivity contribution < 1.29 is 4.42 Å². The van der Waals surface area contributed by atoms with Crippen LogP contribution in [0.3, 0.4) is 0 Å². The molecule has 1 aliphatic carbocycles. The molecule has 0 radical (unpaired) electrons. The number of rotatable bonds is 8. The van der Waals surface area contributed by atoms with Crippen LogP contribution in [-0.2, 0) is 13.1 Å². The smallest absolute Gasteiger partial charge is 0.120 e. The Kier molecular flexibility index (Phi) is 5.06. The maximum atomic E-state index is 5.99. The van der Waals surface area contributed by atoms with Crippen LogP contribution in [0.4, 0.5) is 0 Å². The summed E-state index contributed by atoms with van der Waals surface area (Å²) in [7, 11) is 2.18. The minimum Gasteiger partial charge on any atom is -0.463 e. The first-order valence-electron chi connectivity index (χ1n) is 7.62. The van der Waals surface area contributed by atoms with Crippen molar-refractivity contribution in [2.75, 3.05) is 7.05 Å². The summed E-state index contributed by atoms with van der Waals surface area (Å²) in [6.07, 6.45) is 5.12. The quantitative estimate of drug-likeness (QED) is 0.779. The molecule has 1 N–H and O–H groups in total. The predicted molar refractivity (Wildman–Crippen MR) is 79.1 cm³/mol. The van der Waals surface area contributed by atoms with Gasteiger partial charge in [0.1, 0.15) is 11.5 Å². The Balaban J connectivity index is 1.87. The van der Waals surface area contributed by atoms with Gasteiger partial charge in [0.15, 0.2) is 0 Å². The fraction of sp³-hybridized carbons (Fsp3) is 0.750. The second-order valence-corrected chi connectivity index (χ2v) is 6.03. The number of aryl methyl sites for hydroxylation is 1. The van der Waals surface area contributed by atoms with Crippen LogP contribution in [0.5, 0.6) is 0 Å². The lowest BCUT2D eigenvalue weighted by Gasteiger charge is -2.23. The zero-order chi connectivity index (χ0) is 13.8. The van der Waals surface area contributed by atoms with E-state index in [2.05, 4.69) is 44.1 Å². The zero-order valence-corrected chi connectivity index (χ0v) is 12.8. The monoisotopic (exact) mass is 264 g/mol. The van der Waals surface area contributed by atoms with Gasteiger partial charge in [-0.05, 0) is 51.8 Å². The largest absolute Gasteiger partial charge is 0.463 e. The summed E-state index contributed by atoms with van der Waals surface area (Å²) >= 11 is 0. The Morgan fingerprint density at radius 2 is 2.21 bits per heavy atom. The van der Waals surface area contributed by atoms with Gasteiger partial charge in [-0.3, -0.25) is 4.90 Å². The molecule has 3 heteroatoms. The molecule has 1 unspecified atom stereocenters.